The van der Waals surface area contributed by atoms with E-state index in [1.54, 1.807) is 24.3 Å². The topological polar surface area (TPSA) is 79.3 Å². The molecule has 0 aromatic heterocycles. The van der Waals surface area contributed by atoms with Crippen molar-refractivity contribution in [1.29, 1.82) is 0 Å². The second-order valence-electron chi connectivity index (χ2n) is 7.58. The monoisotopic (exact) mass is 461 g/mol. The van der Waals surface area contributed by atoms with E-state index in [4.69, 9.17) is 9.47 Å². The van der Waals surface area contributed by atoms with E-state index in [0.717, 1.165) is 6.42 Å². The van der Waals surface area contributed by atoms with Gasteiger partial charge in [0.15, 0.2) is 0 Å². The highest BCUT2D eigenvalue weighted by molar-refractivity contribution is 5.94. The van der Waals surface area contributed by atoms with Gasteiger partial charge in [0.05, 0.1) is 12.2 Å². The number of hydrogen-bond acceptors (Lipinski definition) is 6. The number of hydrogen-bond donors (Lipinski definition) is 1. The third kappa shape index (κ3) is 7.51. The summed E-state index contributed by atoms with van der Waals surface area (Å²) < 4.78 is 10.7. The van der Waals surface area contributed by atoms with Crippen LogP contribution < -0.4 is 17.1 Å². The maximum atomic E-state index is 12.5. The van der Waals surface area contributed by atoms with Crippen molar-refractivity contribution in [3.05, 3.63) is 65.7 Å². The van der Waals surface area contributed by atoms with Crippen molar-refractivity contribution in [2.45, 2.75) is 19.4 Å². The van der Waals surface area contributed by atoms with E-state index in [1.165, 1.54) is 0 Å². The van der Waals surface area contributed by atoms with Crippen LogP contribution >= 0.6 is 0 Å². The highest BCUT2D eigenvalue weighted by Crippen LogP contribution is 2.14. The van der Waals surface area contributed by atoms with Crippen molar-refractivity contribution in [3.8, 4) is 5.75 Å². The lowest BCUT2D eigenvalue weighted by Crippen LogP contribution is -3.00. The van der Waals surface area contributed by atoms with Crippen LogP contribution in [-0.4, -0.2) is 78.8 Å². The number of carbonyl (C=O) groups excluding carboxylic acids is 2. The smallest absolute Gasteiger partial charge is 0.338 e. The molecule has 1 saturated heterocycles. The summed E-state index contributed by atoms with van der Waals surface area (Å²) in [6.07, 6.45) is 0.133. The second-order valence-corrected chi connectivity index (χ2v) is 7.58. The molecule has 1 atom stereocenters. The molecule has 1 aliphatic rings. The Morgan fingerprint density at radius 3 is 2.25 bits per heavy atom. The summed E-state index contributed by atoms with van der Waals surface area (Å²) >= 11 is 0. The number of piperazine rings is 1. The molecular weight excluding hydrogens is 432 g/mol. The second kappa shape index (κ2) is 13.1. The van der Waals surface area contributed by atoms with Gasteiger partial charge >= 0.3 is 5.97 Å². The standard InChI is InChI=1S/C24H30N2O5.ClH/c1-2-16-30-24(29)20-8-10-22(11-9-20)31-18-21(27)17-25-12-14-26(15-13-25)23(28)19-6-4-3-5-7-19;/h3-11,21,27H,2,12-18H2,1H3;1H/p-1. The Morgan fingerprint density at radius 1 is 0.969 bits per heavy atom. The molecule has 0 radical (unpaired) electrons. The van der Waals surface area contributed by atoms with Crippen LogP contribution in [0.1, 0.15) is 34.1 Å². The lowest BCUT2D eigenvalue weighted by Gasteiger charge is -2.35. The van der Waals surface area contributed by atoms with E-state index in [0.29, 0.717) is 56.2 Å². The Kier molecular flexibility index (Phi) is 10.5. The maximum Gasteiger partial charge on any atom is 0.338 e. The van der Waals surface area contributed by atoms with Gasteiger partial charge in [-0.2, -0.15) is 0 Å². The molecule has 174 valence electrons. The third-order valence-electron chi connectivity index (χ3n) is 5.12. The molecule has 1 fully saturated rings. The summed E-state index contributed by atoms with van der Waals surface area (Å²) in [6, 6.07) is 16.0. The van der Waals surface area contributed by atoms with E-state index in [9.17, 15) is 14.7 Å². The molecule has 8 heteroatoms. The van der Waals surface area contributed by atoms with E-state index in [1.807, 2.05) is 42.2 Å². The maximum absolute atomic E-state index is 12.5. The molecule has 0 spiro atoms. The number of aliphatic hydroxyl groups excluding tert-OH is 1. The van der Waals surface area contributed by atoms with Gasteiger partial charge in [0.1, 0.15) is 18.5 Å². The first-order chi connectivity index (χ1) is 15.1. The Labute approximate surface area is 195 Å². The summed E-state index contributed by atoms with van der Waals surface area (Å²) in [5.74, 6) is 0.286. The van der Waals surface area contributed by atoms with Crippen LogP contribution in [0.3, 0.4) is 0 Å². The number of halogens is 1. The Hall–Kier alpha value is -2.61. The average molecular weight is 462 g/mol. The number of β-amino-alcohol motifs (C(OH)–C–C–N with tert-alkyl or cyclic N) is 1. The van der Waals surface area contributed by atoms with Crippen molar-refractivity contribution in [2.75, 3.05) is 45.9 Å². The summed E-state index contributed by atoms with van der Waals surface area (Å²) in [7, 11) is 0. The fourth-order valence-corrected chi connectivity index (χ4v) is 3.41. The van der Waals surface area contributed by atoms with Crippen molar-refractivity contribution in [2.24, 2.45) is 0 Å². The first kappa shape index (κ1) is 25.6. The molecule has 1 aliphatic heterocycles. The summed E-state index contributed by atoms with van der Waals surface area (Å²) in [5.41, 5.74) is 1.18. The quantitative estimate of drug-likeness (QED) is 0.505. The van der Waals surface area contributed by atoms with Gasteiger partial charge in [-0.15, -0.1) is 0 Å². The molecule has 0 saturated carbocycles. The third-order valence-corrected chi connectivity index (χ3v) is 5.12. The number of nitrogens with zero attached hydrogens (tertiary/aromatic N) is 2. The summed E-state index contributed by atoms with van der Waals surface area (Å²) in [5, 5.41) is 10.3. The van der Waals surface area contributed by atoms with Crippen molar-refractivity contribution in [3.63, 3.8) is 0 Å². The van der Waals surface area contributed by atoms with Crippen LogP contribution in [-0.2, 0) is 4.74 Å². The fourth-order valence-electron chi connectivity index (χ4n) is 3.41. The van der Waals surface area contributed by atoms with E-state index < -0.39 is 6.10 Å². The highest BCUT2D eigenvalue weighted by Gasteiger charge is 2.23. The Morgan fingerprint density at radius 2 is 1.62 bits per heavy atom. The molecule has 7 nitrogen and oxygen atoms in total. The van der Waals surface area contributed by atoms with Crippen molar-refractivity contribution >= 4 is 11.9 Å². The minimum atomic E-state index is -0.648. The minimum Gasteiger partial charge on any atom is -1.00 e. The number of esters is 1. The summed E-state index contributed by atoms with van der Waals surface area (Å²) in [6.45, 7) is 5.68. The van der Waals surface area contributed by atoms with Crippen LogP contribution in [0.25, 0.3) is 0 Å². The van der Waals surface area contributed by atoms with Gasteiger partial charge in [0.25, 0.3) is 5.91 Å². The van der Waals surface area contributed by atoms with Gasteiger partial charge in [-0.3, -0.25) is 9.69 Å². The SMILES string of the molecule is CCCOC(=O)c1ccc(OCC(O)CN2CCN(C(=O)c3ccccc3)CC2)cc1.[Cl-]. The fraction of sp³-hybridized carbons (Fsp3) is 0.417. The van der Waals surface area contributed by atoms with Gasteiger partial charge in [0, 0.05) is 38.3 Å². The van der Waals surface area contributed by atoms with E-state index >= 15 is 0 Å². The number of amides is 1. The Balaban J connectivity index is 0.00000363. The van der Waals surface area contributed by atoms with Crippen LogP contribution in [0.15, 0.2) is 54.6 Å². The largest absolute Gasteiger partial charge is 1.00 e. The molecule has 1 N–H and O–H groups in total. The number of carbonyl (C=O) groups is 2. The number of ether oxygens (including phenoxy) is 2. The molecule has 0 aliphatic carbocycles. The van der Waals surface area contributed by atoms with Gasteiger partial charge in [-0.25, -0.2) is 4.79 Å². The van der Waals surface area contributed by atoms with Gasteiger partial charge in [-0.1, -0.05) is 25.1 Å². The molecule has 1 heterocycles. The zero-order valence-corrected chi connectivity index (χ0v) is 19.0. The molecular formula is C24H30ClN2O5-. The first-order valence-electron chi connectivity index (χ1n) is 10.7. The first-order valence-corrected chi connectivity index (χ1v) is 10.7. The van der Waals surface area contributed by atoms with Gasteiger partial charge in [-0.05, 0) is 42.8 Å². The summed E-state index contributed by atoms with van der Waals surface area (Å²) in [4.78, 5) is 28.3. The van der Waals surface area contributed by atoms with Gasteiger partial charge in [0.2, 0.25) is 0 Å². The average Bonchev–Trinajstić information content (AvgIpc) is 2.82. The van der Waals surface area contributed by atoms with E-state index in [-0.39, 0.29) is 30.9 Å². The lowest BCUT2D eigenvalue weighted by atomic mass is 10.2. The van der Waals surface area contributed by atoms with Crippen LogP contribution in [0.5, 0.6) is 5.75 Å². The molecule has 2 aromatic rings. The van der Waals surface area contributed by atoms with Crippen LogP contribution in [0.4, 0.5) is 0 Å². The molecule has 0 bridgehead atoms. The molecule has 1 amide bonds. The number of benzene rings is 2. The van der Waals surface area contributed by atoms with Crippen LogP contribution in [0.2, 0.25) is 0 Å². The molecule has 2 aromatic carbocycles. The van der Waals surface area contributed by atoms with Crippen molar-refractivity contribution in [1.82, 2.24) is 9.80 Å². The predicted molar refractivity (Wildman–Crippen MR) is 117 cm³/mol. The molecule has 3 rings (SSSR count). The molecule has 32 heavy (non-hydrogen) atoms. The van der Waals surface area contributed by atoms with Gasteiger partial charge < -0.3 is 31.9 Å². The Bertz CT molecular complexity index is 839. The zero-order chi connectivity index (χ0) is 22.1. The van der Waals surface area contributed by atoms with Crippen molar-refractivity contribution < 1.29 is 36.6 Å². The van der Waals surface area contributed by atoms with E-state index in [2.05, 4.69) is 4.90 Å². The lowest BCUT2D eigenvalue weighted by molar-refractivity contribution is -0.0000395. The number of aliphatic hydroxyl groups is 1. The predicted octanol–water partition coefficient (Wildman–Crippen LogP) is -0.545. The highest BCUT2D eigenvalue weighted by atomic mass is 35.5. The molecule has 1 unspecified atom stereocenters. The van der Waals surface area contributed by atoms with Crippen LogP contribution in [0, 0.1) is 0 Å². The number of rotatable bonds is 9. The normalized spacial score (nSPS) is 14.9. The zero-order valence-electron chi connectivity index (χ0n) is 18.3. The minimum absolute atomic E-state index is 0.